The number of hydrogen-bond donors (Lipinski definition) is 0. The number of oxazole rings is 1. The van der Waals surface area contributed by atoms with E-state index in [4.69, 9.17) is 4.42 Å². The van der Waals surface area contributed by atoms with Crippen molar-refractivity contribution in [2.45, 2.75) is 24.3 Å². The summed E-state index contributed by atoms with van der Waals surface area (Å²) in [5, 5.41) is 0. The first kappa shape index (κ1) is 23.7. The number of amides is 2. The largest absolute Gasteiger partial charge is 0.436 e. The molecule has 8 nitrogen and oxygen atoms in total. The highest BCUT2D eigenvalue weighted by Crippen LogP contribution is 2.31. The van der Waals surface area contributed by atoms with Gasteiger partial charge >= 0.3 is 0 Å². The van der Waals surface area contributed by atoms with Crippen molar-refractivity contribution in [3.05, 3.63) is 91.0 Å². The van der Waals surface area contributed by atoms with Crippen molar-refractivity contribution in [3.63, 3.8) is 0 Å². The molecule has 1 atom stereocenters. The van der Waals surface area contributed by atoms with Crippen LogP contribution in [0.4, 0.5) is 5.69 Å². The summed E-state index contributed by atoms with van der Waals surface area (Å²) in [5.74, 6) is -0.666. The van der Waals surface area contributed by atoms with Crippen LogP contribution in [0.1, 0.15) is 12.0 Å². The molecule has 182 valence electrons. The van der Waals surface area contributed by atoms with Crippen LogP contribution in [-0.2, 0) is 19.6 Å². The maximum absolute atomic E-state index is 13.4. The molecule has 0 saturated carbocycles. The summed E-state index contributed by atoms with van der Waals surface area (Å²) in [5.41, 5.74) is 3.31. The van der Waals surface area contributed by atoms with Crippen molar-refractivity contribution >= 4 is 38.6 Å². The summed E-state index contributed by atoms with van der Waals surface area (Å²) < 4.78 is 33.6. The van der Waals surface area contributed by atoms with Crippen molar-refractivity contribution in [1.29, 1.82) is 0 Å². The Morgan fingerprint density at radius 3 is 2.42 bits per heavy atom. The molecule has 1 saturated heterocycles. The minimum atomic E-state index is -4.04. The molecule has 4 aromatic rings. The van der Waals surface area contributed by atoms with Gasteiger partial charge in [0.25, 0.3) is 5.91 Å². The average Bonchev–Trinajstić information content (AvgIpc) is 3.43. The van der Waals surface area contributed by atoms with Gasteiger partial charge in [-0.15, -0.1) is 6.58 Å². The molecule has 9 heteroatoms. The average molecular weight is 502 g/mol. The second-order valence-corrected chi connectivity index (χ2v) is 10.4. The number of benzene rings is 3. The molecule has 0 radical (unpaired) electrons. The molecule has 1 fully saturated rings. The van der Waals surface area contributed by atoms with Crippen molar-refractivity contribution in [1.82, 2.24) is 9.29 Å². The summed E-state index contributed by atoms with van der Waals surface area (Å²) in [6.45, 7) is 5.38. The maximum Gasteiger partial charge on any atom is 0.252 e. The highest BCUT2D eigenvalue weighted by molar-refractivity contribution is 7.89. The summed E-state index contributed by atoms with van der Waals surface area (Å²) in [6.07, 6.45) is 1.14. The minimum absolute atomic E-state index is 0.0522. The van der Waals surface area contributed by atoms with E-state index < -0.39 is 27.9 Å². The lowest BCUT2D eigenvalue weighted by molar-refractivity contribution is -0.122. The summed E-state index contributed by atoms with van der Waals surface area (Å²) in [4.78, 5) is 31.8. The SMILES string of the molecule is C=CCN(C1CC(=O)N(c2ccc(-c3nc4ccccc4o3)cc2)C1=O)S(=O)(=O)c1ccc(C)cc1. The van der Waals surface area contributed by atoms with Gasteiger partial charge in [-0.3, -0.25) is 9.59 Å². The zero-order chi connectivity index (χ0) is 25.4. The molecule has 0 spiro atoms. The van der Waals surface area contributed by atoms with Crippen LogP contribution in [0, 0.1) is 6.92 Å². The Bertz CT molecular complexity index is 1540. The van der Waals surface area contributed by atoms with Gasteiger partial charge in [-0.05, 0) is 55.5 Å². The standard InChI is InChI=1S/C27H23N3O5S/c1-3-16-29(36(33,34)21-14-8-18(2)9-15-21)23-17-25(31)30(27(23)32)20-12-10-19(11-13-20)26-28-22-6-4-5-7-24(22)35-26/h3-15,23H,1,16-17H2,2H3. The summed E-state index contributed by atoms with van der Waals surface area (Å²) in [7, 11) is -4.04. The Labute approximate surface area is 208 Å². The first-order valence-electron chi connectivity index (χ1n) is 11.3. The number of aryl methyl sites for hydroxylation is 1. The molecule has 2 heterocycles. The third kappa shape index (κ3) is 4.12. The lowest BCUT2D eigenvalue weighted by atomic mass is 10.2. The number of aromatic nitrogens is 1. The van der Waals surface area contributed by atoms with Crippen LogP contribution < -0.4 is 4.90 Å². The normalized spacial score (nSPS) is 16.3. The number of imide groups is 1. The summed E-state index contributed by atoms with van der Waals surface area (Å²) in [6, 6.07) is 19.2. The molecule has 0 bridgehead atoms. The molecule has 1 aromatic heterocycles. The van der Waals surface area contributed by atoms with Crippen molar-refractivity contribution in [2.24, 2.45) is 0 Å². The fourth-order valence-corrected chi connectivity index (χ4v) is 5.78. The Hall–Kier alpha value is -4.08. The number of fused-ring (bicyclic) bond motifs is 1. The highest BCUT2D eigenvalue weighted by Gasteiger charge is 2.46. The molecule has 1 unspecified atom stereocenters. The van der Waals surface area contributed by atoms with Crippen LogP contribution in [0.25, 0.3) is 22.6 Å². The number of anilines is 1. The van der Waals surface area contributed by atoms with Gasteiger partial charge in [-0.25, -0.2) is 18.3 Å². The molecule has 1 aliphatic rings. The third-order valence-corrected chi connectivity index (χ3v) is 7.96. The van der Waals surface area contributed by atoms with Gasteiger partial charge in [-0.1, -0.05) is 35.9 Å². The van der Waals surface area contributed by atoms with Crippen molar-refractivity contribution < 1.29 is 22.4 Å². The fraction of sp³-hybridized carbons (Fsp3) is 0.148. The molecule has 0 aliphatic carbocycles. The minimum Gasteiger partial charge on any atom is -0.436 e. The van der Waals surface area contributed by atoms with Crippen LogP contribution in [0.2, 0.25) is 0 Å². The van der Waals surface area contributed by atoms with Gasteiger partial charge in [-0.2, -0.15) is 4.31 Å². The molecular formula is C27H23N3O5S. The number of para-hydroxylation sites is 2. The molecule has 1 aliphatic heterocycles. The van der Waals surface area contributed by atoms with E-state index in [1.54, 1.807) is 36.4 Å². The van der Waals surface area contributed by atoms with E-state index in [2.05, 4.69) is 11.6 Å². The Balaban J connectivity index is 1.43. The monoisotopic (exact) mass is 501 g/mol. The molecule has 2 amide bonds. The number of carbonyl (C=O) groups is 2. The van der Waals surface area contributed by atoms with E-state index in [1.807, 2.05) is 31.2 Å². The van der Waals surface area contributed by atoms with Gasteiger partial charge < -0.3 is 4.42 Å². The van der Waals surface area contributed by atoms with E-state index in [0.29, 0.717) is 22.7 Å². The van der Waals surface area contributed by atoms with E-state index in [1.165, 1.54) is 18.2 Å². The smallest absolute Gasteiger partial charge is 0.252 e. The van der Waals surface area contributed by atoms with Crippen LogP contribution in [0.5, 0.6) is 0 Å². The topological polar surface area (TPSA) is 101 Å². The lowest BCUT2D eigenvalue weighted by Crippen LogP contribution is -2.45. The van der Waals surface area contributed by atoms with Gasteiger partial charge in [0, 0.05) is 12.1 Å². The highest BCUT2D eigenvalue weighted by atomic mass is 32.2. The molecular weight excluding hydrogens is 478 g/mol. The van der Waals surface area contributed by atoms with E-state index in [9.17, 15) is 18.0 Å². The van der Waals surface area contributed by atoms with Crippen LogP contribution in [0.15, 0.2) is 94.8 Å². The zero-order valence-corrected chi connectivity index (χ0v) is 20.3. The fourth-order valence-electron chi connectivity index (χ4n) is 4.23. The second-order valence-electron chi connectivity index (χ2n) is 8.50. The summed E-state index contributed by atoms with van der Waals surface area (Å²) >= 11 is 0. The van der Waals surface area contributed by atoms with Gasteiger partial charge in [0.2, 0.25) is 21.8 Å². The predicted octanol–water partition coefficient (Wildman–Crippen LogP) is 4.31. The van der Waals surface area contributed by atoms with Gasteiger partial charge in [0.05, 0.1) is 17.0 Å². The van der Waals surface area contributed by atoms with Crippen molar-refractivity contribution in [2.75, 3.05) is 11.4 Å². The number of carbonyl (C=O) groups excluding carboxylic acids is 2. The van der Waals surface area contributed by atoms with Crippen molar-refractivity contribution in [3.8, 4) is 11.5 Å². The molecule has 36 heavy (non-hydrogen) atoms. The Morgan fingerprint density at radius 1 is 1.06 bits per heavy atom. The molecule has 3 aromatic carbocycles. The van der Waals surface area contributed by atoms with E-state index >= 15 is 0 Å². The number of sulfonamides is 1. The van der Waals surface area contributed by atoms with E-state index in [0.717, 1.165) is 20.3 Å². The van der Waals surface area contributed by atoms with Crippen LogP contribution in [-0.4, -0.2) is 42.1 Å². The third-order valence-electron chi connectivity index (χ3n) is 6.07. The first-order valence-corrected chi connectivity index (χ1v) is 12.8. The number of hydrogen-bond acceptors (Lipinski definition) is 6. The zero-order valence-electron chi connectivity index (χ0n) is 19.5. The molecule has 0 N–H and O–H groups in total. The molecule has 5 rings (SSSR count). The quantitative estimate of drug-likeness (QED) is 0.276. The van der Waals surface area contributed by atoms with Gasteiger partial charge in [0.1, 0.15) is 11.6 Å². The van der Waals surface area contributed by atoms with E-state index in [-0.39, 0.29) is 17.9 Å². The van der Waals surface area contributed by atoms with Crippen LogP contribution in [0.3, 0.4) is 0 Å². The Morgan fingerprint density at radius 2 is 1.75 bits per heavy atom. The van der Waals surface area contributed by atoms with Crippen LogP contribution >= 0.6 is 0 Å². The predicted molar refractivity (Wildman–Crippen MR) is 136 cm³/mol. The maximum atomic E-state index is 13.4. The number of rotatable bonds is 7. The lowest BCUT2D eigenvalue weighted by Gasteiger charge is -2.25. The van der Waals surface area contributed by atoms with Gasteiger partial charge in [0.15, 0.2) is 5.58 Å². The first-order chi connectivity index (χ1) is 17.3. The Kier molecular flexibility index (Phi) is 6.03. The second kappa shape index (κ2) is 9.18. The number of nitrogens with zero attached hydrogens (tertiary/aromatic N) is 3.